The van der Waals surface area contributed by atoms with Crippen molar-refractivity contribution in [2.45, 2.75) is 32.6 Å². The first-order valence-corrected chi connectivity index (χ1v) is 10.0. The second-order valence-electron chi connectivity index (χ2n) is 6.37. The molecule has 6 nitrogen and oxygen atoms in total. The van der Waals surface area contributed by atoms with Crippen LogP contribution < -0.4 is 15.4 Å². The summed E-state index contributed by atoms with van der Waals surface area (Å²) in [6, 6.07) is 13.3. The van der Waals surface area contributed by atoms with Gasteiger partial charge in [0.1, 0.15) is 5.75 Å². The lowest BCUT2D eigenvalue weighted by Crippen LogP contribution is -2.13. The van der Waals surface area contributed by atoms with Crippen LogP contribution in [-0.2, 0) is 16.0 Å². The van der Waals surface area contributed by atoms with E-state index >= 15 is 0 Å². The molecule has 0 aliphatic rings. The Labute approximate surface area is 167 Å². The molecule has 0 bridgehead atoms. The molecule has 3 aromatic rings. The van der Waals surface area contributed by atoms with Gasteiger partial charge in [0.05, 0.1) is 23.0 Å². The highest BCUT2D eigenvalue weighted by molar-refractivity contribution is 7.22. The highest BCUT2D eigenvalue weighted by atomic mass is 32.1. The fourth-order valence-corrected chi connectivity index (χ4v) is 3.75. The maximum atomic E-state index is 12.3. The standard InChI is InChI=1S/C21H23N3O3S/c1-3-6-19(25)24-21-23-16-11-9-14(13-18(16)28-21)10-12-20(26)22-15-7-4-5-8-17(15)27-2/h4-5,7-9,11,13H,3,6,10,12H2,1-2H3,(H,22,26)(H,23,24,25). The molecule has 0 aliphatic heterocycles. The Hall–Kier alpha value is -2.93. The summed E-state index contributed by atoms with van der Waals surface area (Å²) in [5.41, 5.74) is 2.57. The Morgan fingerprint density at radius 1 is 1.07 bits per heavy atom. The summed E-state index contributed by atoms with van der Waals surface area (Å²) >= 11 is 1.45. The first-order chi connectivity index (χ1) is 13.6. The van der Waals surface area contributed by atoms with Crippen LogP contribution in [0.3, 0.4) is 0 Å². The van der Waals surface area contributed by atoms with Crippen molar-refractivity contribution in [2.75, 3.05) is 17.7 Å². The van der Waals surface area contributed by atoms with Crippen molar-refractivity contribution < 1.29 is 14.3 Å². The van der Waals surface area contributed by atoms with E-state index in [9.17, 15) is 9.59 Å². The number of hydrogen-bond acceptors (Lipinski definition) is 5. The average Bonchev–Trinajstić information content (AvgIpc) is 3.08. The monoisotopic (exact) mass is 397 g/mol. The number of carbonyl (C=O) groups is 2. The maximum Gasteiger partial charge on any atom is 0.226 e. The maximum absolute atomic E-state index is 12.3. The molecule has 0 spiro atoms. The Kier molecular flexibility index (Phi) is 6.60. The second kappa shape index (κ2) is 9.32. The number of aromatic nitrogens is 1. The second-order valence-corrected chi connectivity index (χ2v) is 7.40. The fourth-order valence-electron chi connectivity index (χ4n) is 2.81. The Bertz CT molecular complexity index is 984. The number of methoxy groups -OCH3 is 1. The highest BCUT2D eigenvalue weighted by Gasteiger charge is 2.10. The lowest BCUT2D eigenvalue weighted by molar-refractivity contribution is -0.117. The van der Waals surface area contributed by atoms with Crippen molar-refractivity contribution in [2.24, 2.45) is 0 Å². The topological polar surface area (TPSA) is 80.3 Å². The molecule has 0 saturated carbocycles. The fraction of sp³-hybridized carbons (Fsp3) is 0.286. The number of amides is 2. The molecule has 2 amide bonds. The molecule has 0 saturated heterocycles. The van der Waals surface area contributed by atoms with E-state index in [2.05, 4.69) is 15.6 Å². The molecule has 0 unspecified atom stereocenters. The summed E-state index contributed by atoms with van der Waals surface area (Å²) in [6.07, 6.45) is 2.27. The Morgan fingerprint density at radius 2 is 1.86 bits per heavy atom. The molecule has 3 rings (SSSR count). The van der Waals surface area contributed by atoms with Crippen molar-refractivity contribution in [3.05, 3.63) is 48.0 Å². The van der Waals surface area contributed by atoms with E-state index in [1.54, 1.807) is 7.11 Å². The zero-order valence-corrected chi connectivity index (χ0v) is 16.8. The predicted molar refractivity (Wildman–Crippen MR) is 113 cm³/mol. The van der Waals surface area contributed by atoms with E-state index in [1.807, 2.05) is 49.4 Å². The normalized spacial score (nSPS) is 10.6. The first kappa shape index (κ1) is 19.8. The zero-order valence-electron chi connectivity index (χ0n) is 16.0. The van der Waals surface area contributed by atoms with Crippen molar-refractivity contribution in [1.82, 2.24) is 4.98 Å². The van der Waals surface area contributed by atoms with Crippen LogP contribution in [0, 0.1) is 0 Å². The lowest BCUT2D eigenvalue weighted by Gasteiger charge is -2.09. The summed E-state index contributed by atoms with van der Waals surface area (Å²) < 4.78 is 6.25. The highest BCUT2D eigenvalue weighted by Crippen LogP contribution is 2.28. The number of fused-ring (bicyclic) bond motifs is 1. The Morgan fingerprint density at radius 3 is 2.64 bits per heavy atom. The SMILES string of the molecule is CCCC(=O)Nc1nc2ccc(CCC(=O)Nc3ccccc3OC)cc2s1. The number of nitrogens with one attached hydrogen (secondary N) is 2. The average molecular weight is 398 g/mol. The van der Waals surface area contributed by atoms with Crippen molar-refractivity contribution in [1.29, 1.82) is 0 Å². The third kappa shape index (κ3) is 5.07. The van der Waals surface area contributed by atoms with Gasteiger partial charge in [-0.05, 0) is 42.7 Å². The quantitative estimate of drug-likeness (QED) is 0.581. The molecule has 0 radical (unpaired) electrons. The molecular formula is C21H23N3O3S. The van der Waals surface area contributed by atoms with Crippen LogP contribution in [0.15, 0.2) is 42.5 Å². The first-order valence-electron chi connectivity index (χ1n) is 9.21. The van der Waals surface area contributed by atoms with E-state index in [-0.39, 0.29) is 11.8 Å². The van der Waals surface area contributed by atoms with Gasteiger partial charge < -0.3 is 15.4 Å². The van der Waals surface area contributed by atoms with E-state index < -0.39 is 0 Å². The number of rotatable bonds is 8. The van der Waals surface area contributed by atoms with Crippen LogP contribution in [-0.4, -0.2) is 23.9 Å². The van der Waals surface area contributed by atoms with Gasteiger partial charge >= 0.3 is 0 Å². The van der Waals surface area contributed by atoms with Crippen LogP contribution in [0.25, 0.3) is 10.2 Å². The summed E-state index contributed by atoms with van der Waals surface area (Å²) in [7, 11) is 1.58. The van der Waals surface area contributed by atoms with Gasteiger partial charge in [-0.25, -0.2) is 4.98 Å². The summed E-state index contributed by atoms with van der Waals surface area (Å²) in [6.45, 7) is 1.97. The number of thiazole rings is 1. The van der Waals surface area contributed by atoms with Crippen LogP contribution >= 0.6 is 11.3 Å². The van der Waals surface area contributed by atoms with Crippen LogP contribution in [0.5, 0.6) is 5.75 Å². The van der Waals surface area contributed by atoms with Crippen molar-refractivity contribution >= 4 is 44.2 Å². The van der Waals surface area contributed by atoms with Crippen LogP contribution in [0.4, 0.5) is 10.8 Å². The van der Waals surface area contributed by atoms with E-state index in [1.165, 1.54) is 11.3 Å². The molecule has 0 atom stereocenters. The smallest absolute Gasteiger partial charge is 0.226 e. The number of nitrogens with zero attached hydrogens (tertiary/aromatic N) is 1. The van der Waals surface area contributed by atoms with E-state index in [4.69, 9.17) is 4.74 Å². The van der Waals surface area contributed by atoms with E-state index in [0.717, 1.165) is 22.2 Å². The molecule has 1 heterocycles. The number of hydrogen-bond donors (Lipinski definition) is 2. The van der Waals surface area contributed by atoms with Gasteiger partial charge in [-0.1, -0.05) is 36.5 Å². The minimum absolute atomic E-state index is 0.0187. The zero-order chi connectivity index (χ0) is 19.9. The molecule has 146 valence electrons. The number of ether oxygens (including phenoxy) is 1. The molecule has 28 heavy (non-hydrogen) atoms. The van der Waals surface area contributed by atoms with Crippen molar-refractivity contribution in [3.63, 3.8) is 0 Å². The molecule has 0 fully saturated rings. The van der Waals surface area contributed by atoms with Gasteiger partial charge in [0, 0.05) is 12.8 Å². The minimum atomic E-state index is -0.0681. The van der Waals surface area contributed by atoms with Crippen LogP contribution in [0.1, 0.15) is 31.7 Å². The van der Waals surface area contributed by atoms with Gasteiger partial charge in [0.2, 0.25) is 11.8 Å². The van der Waals surface area contributed by atoms with Crippen LogP contribution in [0.2, 0.25) is 0 Å². The summed E-state index contributed by atoms with van der Waals surface area (Å²) in [4.78, 5) is 28.5. The number of anilines is 2. The number of carbonyl (C=O) groups excluding carboxylic acids is 2. The third-order valence-electron chi connectivity index (χ3n) is 4.20. The van der Waals surface area contributed by atoms with Gasteiger partial charge in [0.15, 0.2) is 5.13 Å². The minimum Gasteiger partial charge on any atom is -0.495 e. The largest absolute Gasteiger partial charge is 0.495 e. The molecular weight excluding hydrogens is 374 g/mol. The van der Waals surface area contributed by atoms with Gasteiger partial charge in [-0.2, -0.15) is 0 Å². The molecule has 1 aromatic heterocycles. The number of benzene rings is 2. The molecule has 0 aliphatic carbocycles. The third-order valence-corrected chi connectivity index (χ3v) is 5.13. The predicted octanol–water partition coefficient (Wildman–Crippen LogP) is 4.61. The Balaban J connectivity index is 1.61. The number of aryl methyl sites for hydroxylation is 1. The molecule has 7 heteroatoms. The van der Waals surface area contributed by atoms with Gasteiger partial charge in [-0.15, -0.1) is 0 Å². The number of para-hydroxylation sites is 2. The lowest BCUT2D eigenvalue weighted by atomic mass is 10.1. The van der Waals surface area contributed by atoms with Gasteiger partial charge in [-0.3, -0.25) is 9.59 Å². The summed E-state index contributed by atoms with van der Waals surface area (Å²) in [5.74, 6) is 0.552. The van der Waals surface area contributed by atoms with Crippen molar-refractivity contribution in [3.8, 4) is 5.75 Å². The molecule has 2 aromatic carbocycles. The van der Waals surface area contributed by atoms with Gasteiger partial charge in [0.25, 0.3) is 0 Å². The summed E-state index contributed by atoms with van der Waals surface area (Å²) in [5, 5.41) is 6.33. The molecule has 2 N–H and O–H groups in total. The van der Waals surface area contributed by atoms with E-state index in [0.29, 0.717) is 35.8 Å².